The van der Waals surface area contributed by atoms with Crippen molar-refractivity contribution in [2.24, 2.45) is 11.7 Å². The summed E-state index contributed by atoms with van der Waals surface area (Å²) in [5, 5.41) is 16.4. The van der Waals surface area contributed by atoms with Gasteiger partial charge in [-0.2, -0.15) is 34.1 Å². The highest BCUT2D eigenvalue weighted by Crippen LogP contribution is 2.49. The number of amides is 1. The third-order valence-corrected chi connectivity index (χ3v) is 6.41. The fourth-order valence-electron chi connectivity index (χ4n) is 3.15. The zero-order valence-electron chi connectivity index (χ0n) is 14.9. The van der Waals surface area contributed by atoms with Crippen molar-refractivity contribution in [3.05, 3.63) is 41.6 Å². The molecule has 2 atom stereocenters. The van der Waals surface area contributed by atoms with Crippen LogP contribution in [0.15, 0.2) is 30.5 Å². The zero-order valence-corrected chi connectivity index (χ0v) is 15.7. The summed E-state index contributed by atoms with van der Waals surface area (Å²) in [5.74, 6) is -1.50. The van der Waals surface area contributed by atoms with Gasteiger partial charge in [-0.15, -0.1) is 0 Å². The van der Waals surface area contributed by atoms with E-state index in [1.807, 2.05) is 6.07 Å². The number of nitriles is 1. The Morgan fingerprint density at radius 2 is 2.00 bits per heavy atom. The van der Waals surface area contributed by atoms with Crippen LogP contribution in [0.3, 0.4) is 0 Å². The molecule has 0 spiro atoms. The molecule has 8 nitrogen and oxygen atoms in total. The first-order chi connectivity index (χ1) is 13.5. The average Bonchev–Trinajstić information content (AvgIpc) is 3.04. The maximum atomic E-state index is 12.7. The van der Waals surface area contributed by atoms with Gasteiger partial charge in [-0.1, -0.05) is 0 Å². The highest BCUT2D eigenvalue weighted by molar-refractivity contribution is 8.24. The lowest BCUT2D eigenvalue weighted by atomic mass is 10.0. The van der Waals surface area contributed by atoms with Crippen molar-refractivity contribution >= 4 is 28.0 Å². The summed E-state index contributed by atoms with van der Waals surface area (Å²) in [4.78, 5) is 11.8. The predicted molar refractivity (Wildman–Crippen MR) is 101 cm³/mol. The third kappa shape index (κ3) is 4.64. The molecular formula is C17H18F3N5O3S. The van der Waals surface area contributed by atoms with Crippen LogP contribution in [0, 0.1) is 17.2 Å². The number of primary amides is 1. The van der Waals surface area contributed by atoms with Gasteiger partial charge in [0.2, 0.25) is 0 Å². The molecule has 2 heterocycles. The number of benzene rings is 1. The van der Waals surface area contributed by atoms with E-state index in [0.29, 0.717) is 0 Å². The molecule has 0 unspecified atom stereocenters. The van der Waals surface area contributed by atoms with Crippen molar-refractivity contribution in [1.29, 1.82) is 5.26 Å². The molecule has 2 aromatic rings. The molecule has 3 rings (SSSR count). The van der Waals surface area contributed by atoms with E-state index < -0.39 is 40.2 Å². The Balaban J connectivity index is 1.88. The average molecular weight is 429 g/mol. The fraction of sp³-hybridized carbons (Fsp3) is 0.353. The summed E-state index contributed by atoms with van der Waals surface area (Å²) in [7, 11) is -2.83. The van der Waals surface area contributed by atoms with Crippen molar-refractivity contribution in [3.8, 4) is 6.07 Å². The van der Waals surface area contributed by atoms with E-state index in [-0.39, 0.29) is 35.0 Å². The standard InChI is InChI=1S/C17H18F3N5O3S/c18-17(19,20)11-1-3-12(4-2-11)23-16-13(15(22)26)8-25(24-16)14-5-6-29(27,28)9-10(14)7-21/h1-4,8,10,14,27-28H,5-6,9H2,(H2,22,26)(H,23,24)/t10-,14+/m1/s1. The number of aromatic nitrogens is 2. The number of rotatable bonds is 4. The first-order valence-electron chi connectivity index (χ1n) is 8.46. The summed E-state index contributed by atoms with van der Waals surface area (Å²) < 4.78 is 59.2. The SMILES string of the molecule is N#C[C@@H]1CS(O)(O)CC[C@@H]1n1cc(C(N)=O)c(Nc2ccc(C(F)(F)F)cc2)n1. The highest BCUT2D eigenvalue weighted by atomic mass is 32.3. The van der Waals surface area contributed by atoms with Gasteiger partial charge in [-0.25, -0.2) is 0 Å². The number of hydrogen-bond donors (Lipinski definition) is 4. The number of halogens is 3. The minimum atomic E-state index is -4.47. The van der Waals surface area contributed by atoms with Crippen molar-refractivity contribution in [2.45, 2.75) is 18.6 Å². The second-order valence-corrected chi connectivity index (χ2v) is 9.05. The first-order valence-corrected chi connectivity index (χ1v) is 10.3. The summed E-state index contributed by atoms with van der Waals surface area (Å²) in [6.07, 6.45) is -2.86. The Bertz CT molecular complexity index is 953. The second kappa shape index (κ2) is 7.58. The number of hydrogen-bond acceptors (Lipinski definition) is 6. The van der Waals surface area contributed by atoms with Crippen LogP contribution >= 0.6 is 10.6 Å². The van der Waals surface area contributed by atoms with Gasteiger partial charge in [0.05, 0.1) is 29.3 Å². The topological polar surface area (TPSA) is 137 Å². The minimum absolute atomic E-state index is 0.00114. The van der Waals surface area contributed by atoms with E-state index in [1.54, 1.807) is 0 Å². The van der Waals surface area contributed by atoms with Crippen LogP contribution in [0.25, 0.3) is 0 Å². The van der Waals surface area contributed by atoms with Crippen LogP contribution in [0.5, 0.6) is 0 Å². The quantitative estimate of drug-likeness (QED) is 0.586. The number of nitrogens with one attached hydrogen (secondary N) is 1. The molecule has 1 fully saturated rings. The summed E-state index contributed by atoms with van der Waals surface area (Å²) >= 11 is 0. The van der Waals surface area contributed by atoms with E-state index in [4.69, 9.17) is 5.73 Å². The maximum absolute atomic E-state index is 12.7. The normalized spacial score (nSPS) is 22.5. The second-order valence-electron chi connectivity index (χ2n) is 6.70. The van der Waals surface area contributed by atoms with Gasteiger partial charge >= 0.3 is 6.18 Å². The molecule has 29 heavy (non-hydrogen) atoms. The van der Waals surface area contributed by atoms with Crippen LogP contribution in [0.1, 0.15) is 28.4 Å². The van der Waals surface area contributed by atoms with Crippen molar-refractivity contribution in [2.75, 3.05) is 16.8 Å². The van der Waals surface area contributed by atoms with Gasteiger partial charge in [0.15, 0.2) is 5.82 Å². The number of anilines is 2. The number of alkyl halides is 3. The molecule has 1 aliphatic heterocycles. The molecule has 0 radical (unpaired) electrons. The van der Waals surface area contributed by atoms with Gasteiger partial charge in [0.25, 0.3) is 5.91 Å². The van der Waals surface area contributed by atoms with Gasteiger partial charge < -0.3 is 11.1 Å². The number of nitrogens with two attached hydrogens (primary N) is 1. The molecule has 1 aliphatic rings. The summed E-state index contributed by atoms with van der Waals surface area (Å²) in [5.41, 5.74) is 4.83. The molecule has 0 bridgehead atoms. The predicted octanol–water partition coefficient (Wildman–Crippen LogP) is 3.58. The lowest BCUT2D eigenvalue weighted by Crippen LogP contribution is -2.31. The monoisotopic (exact) mass is 429 g/mol. The zero-order chi connectivity index (χ0) is 21.4. The van der Waals surface area contributed by atoms with Crippen LogP contribution in [-0.2, 0) is 6.18 Å². The van der Waals surface area contributed by atoms with Crippen LogP contribution in [0.4, 0.5) is 24.7 Å². The maximum Gasteiger partial charge on any atom is 0.416 e. The van der Waals surface area contributed by atoms with E-state index in [0.717, 1.165) is 12.1 Å². The van der Waals surface area contributed by atoms with Gasteiger partial charge in [-0.05, 0) is 30.7 Å². The Hall–Kier alpha value is -2.75. The smallest absolute Gasteiger partial charge is 0.365 e. The summed E-state index contributed by atoms with van der Waals surface area (Å²) in [6.45, 7) is 0. The van der Waals surface area contributed by atoms with E-state index in [9.17, 15) is 32.3 Å². The molecule has 12 heteroatoms. The Labute approximate surface area is 165 Å². The number of carbonyl (C=O) groups is 1. The number of carbonyl (C=O) groups excluding carboxylic acids is 1. The van der Waals surface area contributed by atoms with E-state index >= 15 is 0 Å². The van der Waals surface area contributed by atoms with Gasteiger partial charge in [-0.3, -0.25) is 18.6 Å². The Kier molecular flexibility index (Phi) is 5.48. The molecular weight excluding hydrogens is 411 g/mol. The molecule has 1 amide bonds. The first kappa shape index (κ1) is 21.0. The molecule has 0 aliphatic carbocycles. The molecule has 1 saturated heterocycles. The van der Waals surface area contributed by atoms with E-state index in [2.05, 4.69) is 10.4 Å². The molecule has 5 N–H and O–H groups in total. The largest absolute Gasteiger partial charge is 0.416 e. The minimum Gasteiger partial charge on any atom is -0.365 e. The Morgan fingerprint density at radius 1 is 1.34 bits per heavy atom. The van der Waals surface area contributed by atoms with E-state index in [1.165, 1.54) is 23.0 Å². The number of nitrogens with zero attached hydrogens (tertiary/aromatic N) is 3. The van der Waals surface area contributed by atoms with Crippen molar-refractivity contribution in [1.82, 2.24) is 9.78 Å². The van der Waals surface area contributed by atoms with Gasteiger partial charge in [0.1, 0.15) is 5.56 Å². The molecule has 1 aromatic heterocycles. The fourth-order valence-corrected chi connectivity index (χ4v) is 4.80. The van der Waals surface area contributed by atoms with Crippen LogP contribution < -0.4 is 11.1 Å². The Morgan fingerprint density at radius 3 is 2.55 bits per heavy atom. The van der Waals surface area contributed by atoms with Crippen LogP contribution in [0.2, 0.25) is 0 Å². The van der Waals surface area contributed by atoms with Crippen LogP contribution in [-0.4, -0.2) is 36.3 Å². The third-order valence-electron chi connectivity index (χ3n) is 4.63. The summed E-state index contributed by atoms with van der Waals surface area (Å²) in [6, 6.07) is 5.70. The van der Waals surface area contributed by atoms with Gasteiger partial charge in [0, 0.05) is 17.6 Å². The van der Waals surface area contributed by atoms with Crippen molar-refractivity contribution in [3.63, 3.8) is 0 Å². The molecule has 0 saturated carbocycles. The lowest BCUT2D eigenvalue weighted by molar-refractivity contribution is -0.137. The molecule has 156 valence electrons. The lowest BCUT2D eigenvalue weighted by Gasteiger charge is -2.41. The van der Waals surface area contributed by atoms with Crippen molar-refractivity contribution < 1.29 is 27.1 Å². The highest BCUT2D eigenvalue weighted by Gasteiger charge is 2.36. The molecule has 1 aromatic carbocycles.